The molecule has 1 saturated heterocycles. The third-order valence-corrected chi connectivity index (χ3v) is 2.55. The lowest BCUT2D eigenvalue weighted by molar-refractivity contribution is -0.270. The lowest BCUT2D eigenvalue weighted by Crippen LogP contribution is -2.53. The minimum Gasteiger partial charge on any atom is -0.348 e. The van der Waals surface area contributed by atoms with E-state index in [4.69, 9.17) is 0 Å². The zero-order valence-corrected chi connectivity index (χ0v) is 8.91. The van der Waals surface area contributed by atoms with Gasteiger partial charge in [-0.2, -0.15) is 22.0 Å². The summed E-state index contributed by atoms with van der Waals surface area (Å²) in [4.78, 5) is 10.9. The van der Waals surface area contributed by atoms with E-state index in [9.17, 15) is 26.7 Å². The van der Waals surface area contributed by atoms with Crippen molar-refractivity contribution in [3.63, 3.8) is 0 Å². The first-order valence-electron chi connectivity index (χ1n) is 5.21. The predicted molar refractivity (Wildman–Crippen MR) is 49.7 cm³/mol. The highest BCUT2D eigenvalue weighted by Gasteiger charge is 2.63. The van der Waals surface area contributed by atoms with Crippen molar-refractivity contribution in [2.24, 2.45) is 0 Å². The first kappa shape index (κ1) is 14.1. The van der Waals surface area contributed by atoms with Gasteiger partial charge >= 0.3 is 18.0 Å². The second kappa shape index (κ2) is 5.16. The molecule has 0 saturated carbocycles. The number of hydrogen-bond donors (Lipinski definition) is 2. The quantitative estimate of drug-likeness (QED) is 0.738. The van der Waals surface area contributed by atoms with Crippen LogP contribution in [0, 0.1) is 0 Å². The molecular formula is C9H13F5N2O. The molecule has 0 spiro atoms. The van der Waals surface area contributed by atoms with Crippen molar-refractivity contribution in [1.29, 1.82) is 0 Å². The lowest BCUT2D eigenvalue weighted by Gasteiger charge is -2.22. The zero-order valence-electron chi connectivity index (χ0n) is 8.91. The average Bonchev–Trinajstić information content (AvgIpc) is 2.44. The standard InChI is InChI=1S/C9H13F5N2O/c10-8(11,9(12,13)14)7(17)16-6-2-1-4-15-5-3-6/h6,15H,1-5H2,(H,16,17). The van der Waals surface area contributed by atoms with Crippen molar-refractivity contribution in [2.75, 3.05) is 13.1 Å². The van der Waals surface area contributed by atoms with E-state index in [-0.39, 0.29) is 0 Å². The average molecular weight is 260 g/mol. The van der Waals surface area contributed by atoms with Crippen LogP contribution in [0.1, 0.15) is 19.3 Å². The largest absolute Gasteiger partial charge is 0.463 e. The number of alkyl halides is 5. The molecule has 0 aromatic rings. The topological polar surface area (TPSA) is 41.1 Å². The van der Waals surface area contributed by atoms with Gasteiger partial charge in [0.1, 0.15) is 0 Å². The number of carbonyl (C=O) groups is 1. The van der Waals surface area contributed by atoms with Crippen LogP contribution < -0.4 is 10.6 Å². The minimum atomic E-state index is -5.85. The smallest absolute Gasteiger partial charge is 0.348 e. The molecule has 1 rings (SSSR count). The van der Waals surface area contributed by atoms with Crippen LogP contribution >= 0.6 is 0 Å². The molecule has 0 radical (unpaired) electrons. The number of halogens is 5. The highest BCUT2D eigenvalue weighted by Crippen LogP contribution is 2.35. The van der Waals surface area contributed by atoms with Gasteiger partial charge < -0.3 is 10.6 Å². The van der Waals surface area contributed by atoms with E-state index < -0.39 is 24.0 Å². The van der Waals surface area contributed by atoms with E-state index in [2.05, 4.69) is 5.32 Å². The summed E-state index contributed by atoms with van der Waals surface area (Å²) in [5, 5.41) is 4.72. The van der Waals surface area contributed by atoms with Gasteiger partial charge in [0.25, 0.3) is 0 Å². The summed E-state index contributed by atoms with van der Waals surface area (Å²) in [5.41, 5.74) is 0. The van der Waals surface area contributed by atoms with Crippen LogP contribution in [0.5, 0.6) is 0 Å². The SMILES string of the molecule is O=C(NC1CCCNCC1)C(F)(F)C(F)(F)F. The van der Waals surface area contributed by atoms with Gasteiger partial charge in [0.2, 0.25) is 0 Å². The number of rotatable bonds is 2. The van der Waals surface area contributed by atoms with Gasteiger partial charge in [-0.15, -0.1) is 0 Å². The molecule has 1 aliphatic heterocycles. The predicted octanol–water partition coefficient (Wildman–Crippen LogP) is 1.44. The maximum Gasteiger partial charge on any atom is 0.463 e. The molecule has 17 heavy (non-hydrogen) atoms. The van der Waals surface area contributed by atoms with Gasteiger partial charge in [0, 0.05) is 6.04 Å². The molecule has 2 N–H and O–H groups in total. The molecule has 8 heteroatoms. The zero-order chi connectivity index (χ0) is 13.1. The number of hydrogen-bond acceptors (Lipinski definition) is 2. The Kier molecular flexibility index (Phi) is 4.29. The highest BCUT2D eigenvalue weighted by atomic mass is 19.4. The molecule has 3 nitrogen and oxygen atoms in total. The third-order valence-electron chi connectivity index (χ3n) is 2.55. The molecule has 0 bridgehead atoms. The fourth-order valence-electron chi connectivity index (χ4n) is 1.57. The highest BCUT2D eigenvalue weighted by molar-refractivity contribution is 5.84. The third kappa shape index (κ3) is 3.52. The van der Waals surface area contributed by atoms with E-state index in [0.29, 0.717) is 32.4 Å². The molecule has 1 atom stereocenters. The van der Waals surface area contributed by atoms with E-state index in [1.165, 1.54) is 0 Å². The first-order valence-corrected chi connectivity index (χ1v) is 5.21. The Labute approximate surface area is 94.7 Å². The van der Waals surface area contributed by atoms with Crippen LogP contribution in [0.15, 0.2) is 0 Å². The number of nitrogens with one attached hydrogen (secondary N) is 2. The molecule has 100 valence electrons. The fraction of sp³-hybridized carbons (Fsp3) is 0.889. The lowest BCUT2D eigenvalue weighted by atomic mass is 10.1. The van der Waals surface area contributed by atoms with E-state index >= 15 is 0 Å². The van der Waals surface area contributed by atoms with E-state index in [1.807, 2.05) is 0 Å². The summed E-state index contributed by atoms with van der Waals surface area (Å²) in [6, 6.07) is -0.634. The van der Waals surface area contributed by atoms with Gasteiger partial charge in [-0.25, -0.2) is 0 Å². The van der Waals surface area contributed by atoms with Gasteiger partial charge in [0.15, 0.2) is 0 Å². The molecule has 0 aliphatic carbocycles. The molecule has 1 amide bonds. The monoisotopic (exact) mass is 260 g/mol. The van der Waals surface area contributed by atoms with Crippen molar-refractivity contribution < 1.29 is 26.7 Å². The Morgan fingerprint density at radius 2 is 1.76 bits per heavy atom. The molecule has 1 fully saturated rings. The Morgan fingerprint density at radius 1 is 1.12 bits per heavy atom. The van der Waals surface area contributed by atoms with Crippen LogP contribution in [-0.2, 0) is 4.79 Å². The Morgan fingerprint density at radius 3 is 2.35 bits per heavy atom. The van der Waals surface area contributed by atoms with Crippen LogP contribution in [-0.4, -0.2) is 37.1 Å². The molecular weight excluding hydrogens is 247 g/mol. The maximum absolute atomic E-state index is 12.6. The van der Waals surface area contributed by atoms with E-state index in [1.54, 1.807) is 5.32 Å². The summed E-state index contributed by atoms with van der Waals surface area (Å²) in [5.74, 6) is -7.59. The molecule has 0 aromatic carbocycles. The van der Waals surface area contributed by atoms with Crippen LogP contribution in [0.3, 0.4) is 0 Å². The number of amides is 1. The molecule has 1 aliphatic rings. The van der Waals surface area contributed by atoms with Crippen molar-refractivity contribution in [3.05, 3.63) is 0 Å². The normalized spacial score (nSPS) is 23.0. The summed E-state index contributed by atoms with van der Waals surface area (Å²) in [6.45, 7) is 1.16. The molecule has 1 unspecified atom stereocenters. The van der Waals surface area contributed by atoms with Gasteiger partial charge in [-0.3, -0.25) is 4.79 Å². The second-order valence-corrected chi connectivity index (χ2v) is 3.92. The first-order chi connectivity index (χ1) is 7.75. The Bertz CT molecular complexity index is 271. The van der Waals surface area contributed by atoms with Crippen molar-refractivity contribution in [3.8, 4) is 0 Å². The molecule has 1 heterocycles. The van der Waals surface area contributed by atoms with Gasteiger partial charge in [-0.05, 0) is 32.4 Å². The van der Waals surface area contributed by atoms with Crippen LogP contribution in [0.4, 0.5) is 22.0 Å². The van der Waals surface area contributed by atoms with Crippen LogP contribution in [0.25, 0.3) is 0 Å². The van der Waals surface area contributed by atoms with E-state index in [0.717, 1.165) is 0 Å². The van der Waals surface area contributed by atoms with Crippen molar-refractivity contribution in [2.45, 2.75) is 37.4 Å². The molecule has 0 aromatic heterocycles. The maximum atomic E-state index is 12.6. The summed E-state index contributed by atoms with van der Waals surface area (Å²) in [6.07, 6.45) is -4.48. The van der Waals surface area contributed by atoms with Crippen LogP contribution in [0.2, 0.25) is 0 Å². The Balaban J connectivity index is 2.58. The Hall–Kier alpha value is -0.920. The minimum absolute atomic E-state index is 0.347. The number of carbonyl (C=O) groups excluding carboxylic acids is 1. The van der Waals surface area contributed by atoms with Gasteiger partial charge in [0.05, 0.1) is 0 Å². The summed E-state index contributed by atoms with van der Waals surface area (Å²) < 4.78 is 60.9. The fourth-order valence-corrected chi connectivity index (χ4v) is 1.57. The summed E-state index contributed by atoms with van der Waals surface area (Å²) in [7, 11) is 0. The van der Waals surface area contributed by atoms with Gasteiger partial charge in [-0.1, -0.05) is 0 Å². The summed E-state index contributed by atoms with van der Waals surface area (Å²) >= 11 is 0. The van der Waals surface area contributed by atoms with Crippen molar-refractivity contribution in [1.82, 2.24) is 10.6 Å². The second-order valence-electron chi connectivity index (χ2n) is 3.92. The van der Waals surface area contributed by atoms with Crippen molar-refractivity contribution >= 4 is 5.91 Å².